The van der Waals surface area contributed by atoms with Crippen LogP contribution in [-0.2, 0) is 0 Å². The SMILES string of the molecule is C[C@@H](Nc1c(-c2c(F)cc(I)cc2F)c(Cl)nc2ncnn12)C(C)(C)C. The number of nitrogens with one attached hydrogen (secondary N) is 1. The van der Waals surface area contributed by atoms with E-state index < -0.39 is 11.6 Å². The first-order valence-corrected chi connectivity index (χ1v) is 9.36. The minimum atomic E-state index is -0.718. The first-order chi connectivity index (χ1) is 12.1. The Balaban J connectivity index is 2.32. The lowest BCUT2D eigenvalue weighted by Crippen LogP contribution is -2.32. The van der Waals surface area contributed by atoms with Gasteiger partial charge in [-0.2, -0.15) is 19.6 Å². The number of benzene rings is 1. The lowest BCUT2D eigenvalue weighted by atomic mass is 9.88. The molecule has 0 saturated heterocycles. The molecule has 0 saturated carbocycles. The van der Waals surface area contributed by atoms with E-state index in [2.05, 4.69) is 41.2 Å². The summed E-state index contributed by atoms with van der Waals surface area (Å²) < 4.78 is 31.2. The van der Waals surface area contributed by atoms with Crippen molar-refractivity contribution in [1.29, 1.82) is 0 Å². The monoisotopic (exact) mass is 491 g/mol. The van der Waals surface area contributed by atoms with Crippen LogP contribution in [0, 0.1) is 20.6 Å². The Morgan fingerprint density at radius 2 is 1.81 bits per heavy atom. The van der Waals surface area contributed by atoms with E-state index in [-0.39, 0.29) is 33.5 Å². The minimum Gasteiger partial charge on any atom is -0.366 e. The van der Waals surface area contributed by atoms with E-state index in [0.29, 0.717) is 9.39 Å². The van der Waals surface area contributed by atoms with E-state index >= 15 is 0 Å². The number of anilines is 1. The van der Waals surface area contributed by atoms with Gasteiger partial charge in [0.05, 0.1) is 11.1 Å². The Morgan fingerprint density at radius 3 is 2.38 bits per heavy atom. The van der Waals surface area contributed by atoms with Crippen molar-refractivity contribution in [3.63, 3.8) is 0 Å². The second-order valence-electron chi connectivity index (χ2n) is 7.07. The molecular weight excluding hydrogens is 475 g/mol. The van der Waals surface area contributed by atoms with E-state index in [1.54, 1.807) is 0 Å². The van der Waals surface area contributed by atoms with Crippen molar-refractivity contribution >= 4 is 45.8 Å². The van der Waals surface area contributed by atoms with Crippen LogP contribution in [0.15, 0.2) is 18.5 Å². The fourth-order valence-corrected chi connectivity index (χ4v) is 3.18. The third-order valence-electron chi connectivity index (χ3n) is 4.29. The fraction of sp³-hybridized carbons (Fsp3) is 0.353. The van der Waals surface area contributed by atoms with Gasteiger partial charge in [0, 0.05) is 9.61 Å². The Hall–Kier alpha value is -1.55. The number of halogens is 4. The zero-order chi connectivity index (χ0) is 19.2. The topological polar surface area (TPSA) is 55.1 Å². The number of hydrogen-bond donors (Lipinski definition) is 1. The second-order valence-corrected chi connectivity index (χ2v) is 8.68. The number of hydrogen-bond acceptors (Lipinski definition) is 4. The number of aromatic nitrogens is 4. The zero-order valence-corrected chi connectivity index (χ0v) is 17.5. The van der Waals surface area contributed by atoms with E-state index in [0.717, 1.165) is 0 Å². The van der Waals surface area contributed by atoms with Crippen molar-refractivity contribution in [2.75, 3.05) is 5.32 Å². The second kappa shape index (κ2) is 6.88. The average molecular weight is 492 g/mol. The molecule has 0 amide bonds. The van der Waals surface area contributed by atoms with Crippen LogP contribution in [0.25, 0.3) is 16.9 Å². The van der Waals surface area contributed by atoms with Gasteiger partial charge in [0.25, 0.3) is 5.78 Å². The molecule has 0 aliphatic rings. The van der Waals surface area contributed by atoms with E-state index in [1.165, 1.54) is 23.0 Å². The Labute approximate surface area is 168 Å². The highest BCUT2D eigenvalue weighted by Gasteiger charge is 2.27. The molecule has 0 aliphatic heterocycles. The van der Waals surface area contributed by atoms with E-state index in [9.17, 15) is 8.78 Å². The van der Waals surface area contributed by atoms with Gasteiger partial charge in [-0.3, -0.25) is 0 Å². The summed E-state index contributed by atoms with van der Waals surface area (Å²) in [4.78, 5) is 8.16. The molecule has 2 heterocycles. The Bertz CT molecular complexity index is 960. The van der Waals surface area contributed by atoms with Crippen LogP contribution >= 0.6 is 34.2 Å². The highest BCUT2D eigenvalue weighted by molar-refractivity contribution is 14.1. The quantitative estimate of drug-likeness (QED) is 0.405. The maximum atomic E-state index is 14.7. The average Bonchev–Trinajstić information content (AvgIpc) is 2.95. The van der Waals surface area contributed by atoms with Gasteiger partial charge >= 0.3 is 0 Å². The van der Waals surface area contributed by atoms with Crippen LogP contribution in [0.3, 0.4) is 0 Å². The highest BCUT2D eigenvalue weighted by Crippen LogP contribution is 2.39. The molecule has 1 N–H and O–H groups in total. The molecule has 0 spiro atoms. The first kappa shape index (κ1) is 19.2. The number of fused-ring (bicyclic) bond motifs is 1. The van der Waals surface area contributed by atoms with Crippen molar-refractivity contribution in [2.24, 2.45) is 5.41 Å². The molecule has 3 aromatic rings. The normalized spacial score (nSPS) is 13.2. The van der Waals surface area contributed by atoms with Gasteiger partial charge in [0.1, 0.15) is 28.9 Å². The Kier molecular flexibility index (Phi) is 5.08. The predicted octanol–water partition coefficient (Wildman–Crippen LogP) is 5.17. The molecule has 9 heteroatoms. The molecule has 0 fully saturated rings. The molecular formula is C17H17ClF2IN5. The molecule has 0 bridgehead atoms. The van der Waals surface area contributed by atoms with Crippen LogP contribution in [0.2, 0.25) is 5.15 Å². The van der Waals surface area contributed by atoms with Gasteiger partial charge in [-0.1, -0.05) is 32.4 Å². The van der Waals surface area contributed by atoms with Gasteiger partial charge < -0.3 is 5.32 Å². The summed E-state index contributed by atoms with van der Waals surface area (Å²) in [6, 6.07) is 2.44. The third kappa shape index (κ3) is 3.48. The van der Waals surface area contributed by atoms with Crippen molar-refractivity contribution in [1.82, 2.24) is 19.6 Å². The van der Waals surface area contributed by atoms with Crippen LogP contribution in [0.4, 0.5) is 14.6 Å². The highest BCUT2D eigenvalue weighted by atomic mass is 127. The largest absolute Gasteiger partial charge is 0.366 e. The lowest BCUT2D eigenvalue weighted by Gasteiger charge is -2.30. The van der Waals surface area contributed by atoms with Crippen molar-refractivity contribution in [2.45, 2.75) is 33.7 Å². The maximum absolute atomic E-state index is 14.7. The molecule has 3 rings (SSSR count). The van der Waals surface area contributed by atoms with Crippen molar-refractivity contribution in [3.05, 3.63) is 38.8 Å². The molecule has 0 unspecified atom stereocenters. The summed E-state index contributed by atoms with van der Waals surface area (Å²) in [6.45, 7) is 8.13. The smallest absolute Gasteiger partial charge is 0.255 e. The third-order valence-corrected chi connectivity index (χ3v) is 5.19. The minimum absolute atomic E-state index is 0.0480. The molecule has 5 nitrogen and oxygen atoms in total. The van der Waals surface area contributed by atoms with E-state index in [4.69, 9.17) is 11.6 Å². The summed E-state index contributed by atoms with van der Waals surface area (Å²) >= 11 is 8.17. The molecule has 1 aromatic carbocycles. The standard InChI is InChI=1S/C17H17ClF2IN5/c1-8(17(2,3)4)24-15-13(12-10(19)5-9(21)6-11(12)20)14(18)25-16-22-7-23-26(15)16/h5-8,24H,1-4H3/t8-/m1/s1. The number of rotatable bonds is 3. The zero-order valence-electron chi connectivity index (χ0n) is 14.6. The van der Waals surface area contributed by atoms with Crippen LogP contribution < -0.4 is 5.32 Å². The summed E-state index contributed by atoms with van der Waals surface area (Å²) in [5.74, 6) is -0.847. The number of nitrogens with zero attached hydrogens (tertiary/aromatic N) is 4. The van der Waals surface area contributed by atoms with Gasteiger partial charge in [-0.25, -0.2) is 8.78 Å². The van der Waals surface area contributed by atoms with Gasteiger partial charge in [-0.05, 0) is 47.1 Å². The van der Waals surface area contributed by atoms with Gasteiger partial charge in [0.15, 0.2) is 0 Å². The van der Waals surface area contributed by atoms with Crippen LogP contribution in [-0.4, -0.2) is 25.6 Å². The van der Waals surface area contributed by atoms with Gasteiger partial charge in [-0.15, -0.1) is 0 Å². The molecule has 26 heavy (non-hydrogen) atoms. The predicted molar refractivity (Wildman–Crippen MR) is 106 cm³/mol. The van der Waals surface area contributed by atoms with Crippen LogP contribution in [0.1, 0.15) is 27.7 Å². The molecule has 0 aliphatic carbocycles. The molecule has 2 aromatic heterocycles. The van der Waals surface area contributed by atoms with Crippen molar-refractivity contribution in [3.8, 4) is 11.1 Å². The lowest BCUT2D eigenvalue weighted by molar-refractivity contribution is 0.358. The van der Waals surface area contributed by atoms with Crippen LogP contribution in [0.5, 0.6) is 0 Å². The summed E-state index contributed by atoms with van der Waals surface area (Å²) in [7, 11) is 0. The maximum Gasteiger partial charge on any atom is 0.255 e. The summed E-state index contributed by atoms with van der Waals surface area (Å²) in [5, 5.41) is 7.37. The fourth-order valence-electron chi connectivity index (χ4n) is 2.37. The molecule has 0 radical (unpaired) electrons. The molecule has 138 valence electrons. The van der Waals surface area contributed by atoms with Crippen molar-refractivity contribution < 1.29 is 8.78 Å². The first-order valence-electron chi connectivity index (χ1n) is 7.90. The summed E-state index contributed by atoms with van der Waals surface area (Å²) in [6.07, 6.45) is 1.32. The summed E-state index contributed by atoms with van der Waals surface area (Å²) in [5.41, 5.74) is -0.251. The molecule has 1 atom stereocenters. The Morgan fingerprint density at radius 1 is 1.19 bits per heavy atom. The van der Waals surface area contributed by atoms with E-state index in [1.807, 2.05) is 29.5 Å². The van der Waals surface area contributed by atoms with Gasteiger partial charge in [0.2, 0.25) is 0 Å².